The van der Waals surface area contributed by atoms with Gasteiger partial charge in [0.15, 0.2) is 5.75 Å². The Morgan fingerprint density at radius 1 is 1.02 bits per heavy atom. The Morgan fingerprint density at radius 2 is 1.73 bits per heavy atom. The van der Waals surface area contributed by atoms with Crippen LogP contribution in [0.25, 0.3) is 10.9 Å². The van der Waals surface area contributed by atoms with Gasteiger partial charge in [0.1, 0.15) is 12.4 Å². The summed E-state index contributed by atoms with van der Waals surface area (Å²) < 4.78 is 6.02. The molecule has 1 aliphatic heterocycles. The minimum atomic E-state index is 0.118. The van der Waals surface area contributed by atoms with Crippen LogP contribution >= 0.6 is 0 Å². The summed E-state index contributed by atoms with van der Waals surface area (Å²) in [6, 6.07) is 27.4. The van der Waals surface area contributed by atoms with Gasteiger partial charge in [-0.05, 0) is 66.5 Å². The number of ether oxygens (including phenoxy) is 1. The lowest BCUT2D eigenvalue weighted by Crippen LogP contribution is -2.51. The van der Waals surface area contributed by atoms with Gasteiger partial charge in [-0.15, -0.1) is 0 Å². The third-order valence-corrected chi connectivity index (χ3v) is 8.87. The molecule has 3 N–H and O–H groups in total. The SMILES string of the molecule is C[C@@]1(CN2CCOc3cnc4ccc(O)cc4c32)CC[C@@H](N(Cc2ccccc2)Cc2ccccc2)[C@@H](CN)C1. The molecule has 3 atom stereocenters. The van der Waals surface area contributed by atoms with Gasteiger partial charge in [0.05, 0.1) is 23.9 Å². The first-order chi connectivity index (χ1) is 19.5. The van der Waals surface area contributed by atoms with Crippen molar-refractivity contribution in [3.63, 3.8) is 0 Å². The van der Waals surface area contributed by atoms with E-state index in [0.717, 1.165) is 67.8 Å². The van der Waals surface area contributed by atoms with Crippen molar-refractivity contribution in [3.05, 3.63) is 96.2 Å². The van der Waals surface area contributed by atoms with Gasteiger partial charge in [-0.3, -0.25) is 9.88 Å². The van der Waals surface area contributed by atoms with Crippen molar-refractivity contribution in [1.29, 1.82) is 0 Å². The van der Waals surface area contributed by atoms with Crippen molar-refractivity contribution in [2.75, 3.05) is 31.1 Å². The number of phenols is 1. The van der Waals surface area contributed by atoms with Gasteiger partial charge in [0, 0.05) is 31.1 Å². The number of nitrogens with two attached hydrogens (primary N) is 1. The number of pyridine rings is 1. The topological polar surface area (TPSA) is 74.9 Å². The molecule has 0 amide bonds. The fourth-order valence-corrected chi connectivity index (χ4v) is 6.97. The highest BCUT2D eigenvalue weighted by molar-refractivity contribution is 5.96. The molecule has 2 aliphatic rings. The molecule has 40 heavy (non-hydrogen) atoms. The van der Waals surface area contributed by atoms with Gasteiger partial charge >= 0.3 is 0 Å². The average Bonchev–Trinajstić information content (AvgIpc) is 2.97. The Labute approximate surface area is 237 Å². The number of aromatic hydroxyl groups is 1. The van der Waals surface area contributed by atoms with Gasteiger partial charge < -0.3 is 20.5 Å². The predicted octanol–water partition coefficient (Wildman–Crippen LogP) is 5.98. The fraction of sp³-hybridized carbons (Fsp3) is 0.382. The molecule has 0 bridgehead atoms. The first-order valence-electron chi connectivity index (χ1n) is 14.5. The highest BCUT2D eigenvalue weighted by atomic mass is 16.5. The van der Waals surface area contributed by atoms with Crippen LogP contribution in [0.1, 0.15) is 37.3 Å². The van der Waals surface area contributed by atoms with Crippen LogP contribution in [-0.2, 0) is 13.1 Å². The predicted molar refractivity (Wildman–Crippen MR) is 162 cm³/mol. The molecule has 1 saturated carbocycles. The summed E-state index contributed by atoms with van der Waals surface area (Å²) in [6.45, 7) is 7.35. The smallest absolute Gasteiger partial charge is 0.161 e. The molecule has 1 aromatic heterocycles. The summed E-state index contributed by atoms with van der Waals surface area (Å²) in [4.78, 5) is 9.69. The van der Waals surface area contributed by atoms with Crippen LogP contribution in [0.3, 0.4) is 0 Å². The van der Waals surface area contributed by atoms with Crippen molar-refractivity contribution in [3.8, 4) is 11.5 Å². The van der Waals surface area contributed by atoms with E-state index in [1.165, 1.54) is 11.1 Å². The Balaban J connectivity index is 1.24. The monoisotopic (exact) mass is 536 g/mol. The lowest BCUT2D eigenvalue weighted by atomic mass is 9.67. The molecular formula is C34H40N4O2. The lowest BCUT2D eigenvalue weighted by molar-refractivity contribution is 0.0401. The van der Waals surface area contributed by atoms with E-state index in [9.17, 15) is 5.11 Å². The fourth-order valence-electron chi connectivity index (χ4n) is 6.97. The quantitative estimate of drug-likeness (QED) is 0.289. The Bertz CT molecular complexity index is 1390. The molecule has 0 spiro atoms. The maximum atomic E-state index is 10.2. The van der Waals surface area contributed by atoms with Crippen LogP contribution in [0.15, 0.2) is 85.1 Å². The number of fused-ring (bicyclic) bond motifs is 3. The maximum Gasteiger partial charge on any atom is 0.161 e. The van der Waals surface area contributed by atoms with E-state index in [4.69, 9.17) is 10.5 Å². The third-order valence-electron chi connectivity index (χ3n) is 8.87. The van der Waals surface area contributed by atoms with Gasteiger partial charge in [-0.25, -0.2) is 0 Å². The number of rotatable bonds is 8. The van der Waals surface area contributed by atoms with E-state index in [1.807, 2.05) is 18.3 Å². The molecule has 1 fully saturated rings. The molecule has 3 aromatic carbocycles. The lowest BCUT2D eigenvalue weighted by Gasteiger charge is -2.49. The molecule has 6 heteroatoms. The summed E-state index contributed by atoms with van der Waals surface area (Å²) in [7, 11) is 0. The highest BCUT2D eigenvalue weighted by Gasteiger charge is 2.41. The highest BCUT2D eigenvalue weighted by Crippen LogP contribution is 2.45. The molecule has 4 aromatic rings. The van der Waals surface area contributed by atoms with Crippen LogP contribution in [0.2, 0.25) is 0 Å². The zero-order chi connectivity index (χ0) is 27.5. The van der Waals surface area contributed by atoms with Crippen LogP contribution < -0.4 is 15.4 Å². The van der Waals surface area contributed by atoms with Crippen molar-refractivity contribution in [1.82, 2.24) is 9.88 Å². The normalized spacial score (nSPS) is 22.7. The van der Waals surface area contributed by atoms with Crippen LogP contribution in [0.5, 0.6) is 11.5 Å². The van der Waals surface area contributed by atoms with E-state index in [0.29, 0.717) is 25.1 Å². The number of aromatic nitrogens is 1. The van der Waals surface area contributed by atoms with Crippen molar-refractivity contribution >= 4 is 16.6 Å². The van der Waals surface area contributed by atoms with Crippen molar-refractivity contribution in [2.24, 2.45) is 17.1 Å². The van der Waals surface area contributed by atoms with Gasteiger partial charge in [0.2, 0.25) is 0 Å². The molecule has 208 valence electrons. The Morgan fingerprint density at radius 3 is 2.40 bits per heavy atom. The number of benzene rings is 3. The molecule has 6 nitrogen and oxygen atoms in total. The summed E-state index contributed by atoms with van der Waals surface area (Å²) in [6.07, 6.45) is 5.16. The Kier molecular flexibility index (Phi) is 7.63. The first-order valence-corrected chi connectivity index (χ1v) is 14.5. The Hall–Kier alpha value is -3.61. The van der Waals surface area contributed by atoms with E-state index < -0.39 is 0 Å². The van der Waals surface area contributed by atoms with Gasteiger partial charge in [-0.1, -0.05) is 67.6 Å². The van der Waals surface area contributed by atoms with E-state index >= 15 is 0 Å². The van der Waals surface area contributed by atoms with E-state index in [-0.39, 0.29) is 11.2 Å². The zero-order valence-electron chi connectivity index (χ0n) is 23.4. The van der Waals surface area contributed by atoms with Crippen LogP contribution in [-0.4, -0.2) is 47.3 Å². The summed E-state index contributed by atoms with van der Waals surface area (Å²) in [5.41, 5.74) is 11.3. The summed E-state index contributed by atoms with van der Waals surface area (Å²) in [5, 5.41) is 11.2. The van der Waals surface area contributed by atoms with E-state index in [2.05, 4.69) is 82.4 Å². The molecule has 6 rings (SSSR count). The largest absolute Gasteiger partial charge is 0.508 e. The second kappa shape index (κ2) is 11.5. The van der Waals surface area contributed by atoms with Crippen LogP contribution in [0.4, 0.5) is 5.69 Å². The molecule has 0 saturated heterocycles. The first kappa shape index (κ1) is 26.6. The second-order valence-electron chi connectivity index (χ2n) is 11.9. The number of hydrogen-bond acceptors (Lipinski definition) is 6. The van der Waals surface area contributed by atoms with Crippen molar-refractivity contribution < 1.29 is 9.84 Å². The maximum absolute atomic E-state index is 10.2. The molecule has 2 heterocycles. The second-order valence-corrected chi connectivity index (χ2v) is 11.9. The molecule has 0 radical (unpaired) electrons. The number of nitrogens with zero attached hydrogens (tertiary/aromatic N) is 3. The van der Waals surface area contributed by atoms with Crippen LogP contribution in [0, 0.1) is 11.3 Å². The summed E-state index contributed by atoms with van der Waals surface area (Å²) in [5.74, 6) is 1.46. The molecular weight excluding hydrogens is 496 g/mol. The number of anilines is 1. The van der Waals surface area contributed by atoms with E-state index in [1.54, 1.807) is 6.07 Å². The standard InChI is InChI=1S/C34H40N4O2/c1-34(24-37-16-17-40-32-21-36-30-13-12-28(39)18-29(30)33(32)37)15-14-31(27(19-34)20-35)38(22-25-8-4-2-5-9-25)23-26-10-6-3-7-11-26/h2-13,18,21,27,31,39H,14-17,19-20,22-24,35H2,1H3/t27-,31-,34-/m1/s1. The van der Waals surface area contributed by atoms with Gasteiger partial charge in [-0.2, -0.15) is 0 Å². The molecule has 0 unspecified atom stereocenters. The minimum absolute atomic E-state index is 0.118. The zero-order valence-corrected chi connectivity index (χ0v) is 23.4. The average molecular weight is 537 g/mol. The number of hydrogen-bond donors (Lipinski definition) is 2. The minimum Gasteiger partial charge on any atom is -0.508 e. The van der Waals surface area contributed by atoms with Crippen molar-refractivity contribution in [2.45, 2.75) is 45.3 Å². The third kappa shape index (κ3) is 5.65. The molecule has 1 aliphatic carbocycles. The van der Waals surface area contributed by atoms with Gasteiger partial charge in [0.25, 0.3) is 0 Å². The summed E-state index contributed by atoms with van der Waals surface area (Å²) >= 11 is 0. The number of phenolic OH excluding ortho intramolecular Hbond substituents is 1.